The molecule has 0 fully saturated rings. The molecule has 0 saturated heterocycles. The number of hydrogen-bond acceptors (Lipinski definition) is 2. The van der Waals surface area contributed by atoms with Gasteiger partial charge in [-0.25, -0.2) is 0 Å². The van der Waals surface area contributed by atoms with Crippen molar-refractivity contribution in [1.29, 1.82) is 0 Å². The first kappa shape index (κ1) is 8.08. The highest BCUT2D eigenvalue weighted by Crippen LogP contribution is 2.00. The highest BCUT2D eigenvalue weighted by atomic mass is 16.1. The predicted molar refractivity (Wildman–Crippen MR) is 35.1 cm³/mol. The van der Waals surface area contributed by atoms with E-state index in [2.05, 4.69) is 6.58 Å². The van der Waals surface area contributed by atoms with Crippen LogP contribution in [0.3, 0.4) is 0 Å². The maximum atomic E-state index is 10.4. The average Bonchev–Trinajstić information content (AvgIpc) is 1.82. The van der Waals surface area contributed by atoms with Crippen molar-refractivity contribution >= 4 is 12.1 Å². The summed E-state index contributed by atoms with van der Waals surface area (Å²) in [4.78, 5) is 20.2. The molecule has 0 spiro atoms. The zero-order chi connectivity index (χ0) is 7.28. The fraction of sp³-hybridized carbons (Fsp3) is 0.429. The Morgan fingerprint density at radius 2 is 2.22 bits per heavy atom. The quantitative estimate of drug-likeness (QED) is 0.417. The van der Waals surface area contributed by atoms with Crippen molar-refractivity contribution in [2.45, 2.75) is 19.8 Å². The molecule has 0 aliphatic carbocycles. The van der Waals surface area contributed by atoms with Crippen LogP contribution in [-0.4, -0.2) is 12.1 Å². The van der Waals surface area contributed by atoms with Gasteiger partial charge in [0.15, 0.2) is 5.78 Å². The van der Waals surface area contributed by atoms with Gasteiger partial charge in [-0.2, -0.15) is 0 Å². The van der Waals surface area contributed by atoms with Crippen LogP contribution in [0.1, 0.15) is 19.8 Å². The third kappa shape index (κ3) is 3.64. The Morgan fingerprint density at radius 1 is 1.67 bits per heavy atom. The first-order valence-corrected chi connectivity index (χ1v) is 2.81. The maximum Gasteiger partial charge on any atom is 0.155 e. The van der Waals surface area contributed by atoms with Gasteiger partial charge in [0.25, 0.3) is 0 Å². The van der Waals surface area contributed by atoms with Crippen LogP contribution in [0, 0.1) is 0 Å². The zero-order valence-corrected chi connectivity index (χ0v) is 5.52. The first-order valence-electron chi connectivity index (χ1n) is 2.81. The van der Waals surface area contributed by atoms with Crippen molar-refractivity contribution in [3.05, 3.63) is 12.2 Å². The summed E-state index contributed by atoms with van der Waals surface area (Å²) >= 11 is 0. The van der Waals surface area contributed by atoms with Crippen LogP contribution in [0.15, 0.2) is 12.2 Å². The van der Waals surface area contributed by atoms with Crippen LogP contribution in [-0.2, 0) is 9.59 Å². The number of Topliss-reactive ketones (excluding diaryl/α,β-unsaturated/α-hetero) is 1. The highest BCUT2D eigenvalue weighted by molar-refractivity contribution is 5.92. The van der Waals surface area contributed by atoms with Crippen molar-refractivity contribution in [2.24, 2.45) is 0 Å². The molecule has 0 aromatic heterocycles. The molecule has 9 heavy (non-hydrogen) atoms. The summed E-state index contributed by atoms with van der Waals surface area (Å²) in [5, 5.41) is 0. The third-order valence-electron chi connectivity index (χ3n) is 1.06. The van der Waals surface area contributed by atoms with E-state index in [0.29, 0.717) is 18.4 Å². The molecule has 0 unspecified atom stereocenters. The van der Waals surface area contributed by atoms with Gasteiger partial charge in [0.2, 0.25) is 0 Å². The standard InChI is InChI=1S/C7H10O2/c1-6(7(2)9)4-3-5-8/h5H,1,3-4H2,2H3. The molecule has 0 bridgehead atoms. The monoisotopic (exact) mass is 126 g/mol. The molecule has 2 heteroatoms. The number of ketones is 1. The molecule has 50 valence electrons. The second-order valence-electron chi connectivity index (χ2n) is 1.87. The Hall–Kier alpha value is -0.920. The molecule has 0 saturated carbocycles. The Balaban J connectivity index is 3.51. The molecule has 0 radical (unpaired) electrons. The van der Waals surface area contributed by atoms with E-state index in [0.717, 1.165) is 6.29 Å². The SMILES string of the molecule is C=C(CCC=O)C(C)=O. The fourth-order valence-corrected chi connectivity index (χ4v) is 0.409. The Kier molecular flexibility index (Phi) is 3.60. The molecule has 0 aromatic carbocycles. The van der Waals surface area contributed by atoms with Gasteiger partial charge >= 0.3 is 0 Å². The number of hydrogen-bond donors (Lipinski definition) is 0. The molecule has 0 heterocycles. The number of carbonyl (C=O) groups excluding carboxylic acids is 2. The van der Waals surface area contributed by atoms with Crippen molar-refractivity contribution in [3.8, 4) is 0 Å². The van der Waals surface area contributed by atoms with Gasteiger partial charge in [0, 0.05) is 6.42 Å². The minimum Gasteiger partial charge on any atom is -0.303 e. The van der Waals surface area contributed by atoms with Gasteiger partial charge in [-0.15, -0.1) is 0 Å². The molecule has 0 N–H and O–H groups in total. The van der Waals surface area contributed by atoms with E-state index in [4.69, 9.17) is 0 Å². The summed E-state index contributed by atoms with van der Waals surface area (Å²) < 4.78 is 0. The molecular formula is C7H10O2. The predicted octanol–water partition coefficient (Wildman–Crippen LogP) is 1.11. The first-order chi connectivity index (χ1) is 4.18. The minimum absolute atomic E-state index is 0.0307. The Labute approximate surface area is 54.6 Å². The number of aldehydes is 1. The molecule has 0 amide bonds. The lowest BCUT2D eigenvalue weighted by molar-refractivity contribution is -0.113. The molecule has 0 aliphatic heterocycles. The summed E-state index contributed by atoms with van der Waals surface area (Å²) in [6.07, 6.45) is 1.69. The normalized spacial score (nSPS) is 8.56. The lowest BCUT2D eigenvalue weighted by Gasteiger charge is -1.93. The number of rotatable bonds is 4. The highest BCUT2D eigenvalue weighted by Gasteiger charge is 1.97. The lowest BCUT2D eigenvalue weighted by Crippen LogP contribution is -1.94. The van der Waals surface area contributed by atoms with Gasteiger partial charge < -0.3 is 4.79 Å². The van der Waals surface area contributed by atoms with Gasteiger partial charge in [0.05, 0.1) is 0 Å². The van der Waals surface area contributed by atoms with E-state index in [-0.39, 0.29) is 5.78 Å². The van der Waals surface area contributed by atoms with Gasteiger partial charge in [-0.05, 0) is 18.9 Å². The van der Waals surface area contributed by atoms with Crippen LogP contribution in [0.5, 0.6) is 0 Å². The van der Waals surface area contributed by atoms with Gasteiger partial charge in [-0.1, -0.05) is 6.58 Å². The van der Waals surface area contributed by atoms with E-state index in [1.807, 2.05) is 0 Å². The summed E-state index contributed by atoms with van der Waals surface area (Å²) in [6.45, 7) is 4.93. The van der Waals surface area contributed by atoms with Crippen LogP contribution >= 0.6 is 0 Å². The van der Waals surface area contributed by atoms with E-state index in [1.54, 1.807) is 0 Å². The summed E-state index contributed by atoms with van der Waals surface area (Å²) in [5.74, 6) is -0.0307. The minimum atomic E-state index is -0.0307. The third-order valence-corrected chi connectivity index (χ3v) is 1.06. The topological polar surface area (TPSA) is 34.1 Å². The van der Waals surface area contributed by atoms with Crippen LogP contribution in [0.25, 0.3) is 0 Å². The molecule has 0 aromatic rings. The average molecular weight is 126 g/mol. The van der Waals surface area contributed by atoms with Crippen LogP contribution < -0.4 is 0 Å². The molecule has 0 rings (SSSR count). The number of allylic oxidation sites excluding steroid dienone is 1. The van der Waals surface area contributed by atoms with Crippen molar-refractivity contribution < 1.29 is 9.59 Å². The molecule has 2 nitrogen and oxygen atoms in total. The Bertz CT molecular complexity index is 136. The van der Waals surface area contributed by atoms with E-state index in [1.165, 1.54) is 6.92 Å². The largest absolute Gasteiger partial charge is 0.303 e. The van der Waals surface area contributed by atoms with Gasteiger partial charge in [0.1, 0.15) is 6.29 Å². The van der Waals surface area contributed by atoms with E-state index in [9.17, 15) is 9.59 Å². The van der Waals surface area contributed by atoms with Gasteiger partial charge in [-0.3, -0.25) is 4.79 Å². The molecule has 0 atom stereocenters. The van der Waals surface area contributed by atoms with Crippen molar-refractivity contribution in [3.63, 3.8) is 0 Å². The van der Waals surface area contributed by atoms with E-state index < -0.39 is 0 Å². The maximum absolute atomic E-state index is 10.4. The van der Waals surface area contributed by atoms with Crippen molar-refractivity contribution in [2.75, 3.05) is 0 Å². The van der Waals surface area contributed by atoms with Crippen molar-refractivity contribution in [1.82, 2.24) is 0 Å². The lowest BCUT2D eigenvalue weighted by atomic mass is 10.1. The Morgan fingerprint density at radius 3 is 2.56 bits per heavy atom. The molecule has 0 aliphatic rings. The summed E-state index contributed by atoms with van der Waals surface area (Å²) in [6, 6.07) is 0. The molecular weight excluding hydrogens is 116 g/mol. The summed E-state index contributed by atoms with van der Waals surface area (Å²) in [5.41, 5.74) is 0.530. The zero-order valence-electron chi connectivity index (χ0n) is 5.52. The fourth-order valence-electron chi connectivity index (χ4n) is 0.409. The smallest absolute Gasteiger partial charge is 0.155 e. The second kappa shape index (κ2) is 4.01. The number of carbonyl (C=O) groups is 2. The van der Waals surface area contributed by atoms with Crippen LogP contribution in [0.2, 0.25) is 0 Å². The summed E-state index contributed by atoms with van der Waals surface area (Å²) in [7, 11) is 0. The van der Waals surface area contributed by atoms with E-state index >= 15 is 0 Å². The second-order valence-corrected chi connectivity index (χ2v) is 1.87. The van der Waals surface area contributed by atoms with Crippen LogP contribution in [0.4, 0.5) is 0 Å².